The van der Waals surface area contributed by atoms with E-state index in [1.807, 2.05) is 23.1 Å². The summed E-state index contributed by atoms with van der Waals surface area (Å²) in [6, 6.07) is 16.1. The lowest BCUT2D eigenvalue weighted by atomic mass is 10.1. The number of aromatic hydroxyl groups is 1. The molecule has 0 heterocycles. The number of carbonyl (C=O) groups excluding carboxylic acids is 2. The molecular weight excluding hydrogens is 370 g/mol. The van der Waals surface area contributed by atoms with Crippen molar-refractivity contribution in [1.29, 1.82) is 0 Å². The number of hydrogen-bond donors (Lipinski definition) is 1. The summed E-state index contributed by atoms with van der Waals surface area (Å²) in [6.07, 6.45) is 2.50. The number of unbranched alkanes of at least 4 members (excludes halogenated alkanes) is 1. The van der Waals surface area contributed by atoms with E-state index in [1.165, 1.54) is 0 Å². The first kappa shape index (κ1) is 22.4. The van der Waals surface area contributed by atoms with Gasteiger partial charge < -0.3 is 14.6 Å². The zero-order valence-corrected chi connectivity index (χ0v) is 16.9. The molecule has 0 fully saturated rings. The molecule has 0 atom stereocenters. The minimum atomic E-state index is -0.371. The van der Waals surface area contributed by atoms with Crippen molar-refractivity contribution in [1.82, 2.24) is 4.90 Å². The summed E-state index contributed by atoms with van der Waals surface area (Å²) in [5.41, 5.74) is 1.36. The van der Waals surface area contributed by atoms with E-state index < -0.39 is 0 Å². The Morgan fingerprint density at radius 3 is 2.38 bits per heavy atom. The molecule has 0 amide bonds. The number of benzene rings is 2. The van der Waals surface area contributed by atoms with Crippen LogP contribution in [0, 0.1) is 0 Å². The van der Waals surface area contributed by atoms with E-state index in [1.54, 1.807) is 43.3 Å². The SMILES string of the molecule is CCOC(=O)CCCCN(CCc1ccccc1O)COC(=O)c1ccccc1. The monoisotopic (exact) mass is 399 g/mol. The number of phenols is 1. The zero-order chi connectivity index (χ0) is 20.9. The average molecular weight is 399 g/mol. The predicted octanol–water partition coefficient (Wildman–Crippen LogP) is 3.78. The molecular formula is C23H29NO5. The molecule has 0 aliphatic carbocycles. The number of rotatable bonds is 12. The van der Waals surface area contributed by atoms with Crippen LogP contribution < -0.4 is 0 Å². The Morgan fingerprint density at radius 2 is 1.66 bits per heavy atom. The maximum atomic E-state index is 12.2. The molecule has 0 radical (unpaired) electrons. The fourth-order valence-corrected chi connectivity index (χ4v) is 2.89. The highest BCUT2D eigenvalue weighted by molar-refractivity contribution is 5.89. The van der Waals surface area contributed by atoms with Crippen LogP contribution in [-0.4, -0.2) is 48.4 Å². The maximum absolute atomic E-state index is 12.2. The van der Waals surface area contributed by atoms with Crippen LogP contribution in [0.5, 0.6) is 5.75 Å². The summed E-state index contributed by atoms with van der Waals surface area (Å²) in [4.78, 5) is 25.7. The summed E-state index contributed by atoms with van der Waals surface area (Å²) in [5, 5.41) is 9.96. The topological polar surface area (TPSA) is 76.1 Å². The molecule has 0 spiro atoms. The van der Waals surface area contributed by atoms with Crippen LogP contribution in [0.4, 0.5) is 0 Å². The van der Waals surface area contributed by atoms with E-state index in [0.29, 0.717) is 44.5 Å². The number of nitrogens with zero attached hydrogens (tertiary/aromatic N) is 1. The molecule has 0 saturated carbocycles. The largest absolute Gasteiger partial charge is 0.508 e. The van der Waals surface area contributed by atoms with Crippen molar-refractivity contribution in [3.63, 3.8) is 0 Å². The van der Waals surface area contributed by atoms with Gasteiger partial charge in [-0.2, -0.15) is 0 Å². The smallest absolute Gasteiger partial charge is 0.339 e. The van der Waals surface area contributed by atoms with Crippen LogP contribution in [0.1, 0.15) is 42.1 Å². The highest BCUT2D eigenvalue weighted by Gasteiger charge is 2.12. The number of carbonyl (C=O) groups is 2. The Morgan fingerprint density at radius 1 is 0.931 bits per heavy atom. The van der Waals surface area contributed by atoms with Crippen LogP contribution in [0.25, 0.3) is 0 Å². The van der Waals surface area contributed by atoms with Gasteiger partial charge in [0.2, 0.25) is 0 Å². The van der Waals surface area contributed by atoms with E-state index in [0.717, 1.165) is 12.0 Å². The van der Waals surface area contributed by atoms with E-state index in [9.17, 15) is 14.7 Å². The van der Waals surface area contributed by atoms with E-state index in [2.05, 4.69) is 0 Å². The third-order valence-corrected chi connectivity index (χ3v) is 4.49. The molecule has 156 valence electrons. The molecule has 1 N–H and O–H groups in total. The van der Waals surface area contributed by atoms with Crippen LogP contribution in [-0.2, 0) is 20.7 Å². The van der Waals surface area contributed by atoms with Crippen molar-refractivity contribution in [3.05, 3.63) is 65.7 Å². The molecule has 6 nitrogen and oxygen atoms in total. The van der Waals surface area contributed by atoms with Crippen LogP contribution in [0.3, 0.4) is 0 Å². The minimum Gasteiger partial charge on any atom is -0.508 e. The van der Waals surface area contributed by atoms with Gasteiger partial charge in [-0.25, -0.2) is 4.79 Å². The number of ether oxygens (including phenoxy) is 2. The molecule has 2 aromatic carbocycles. The normalized spacial score (nSPS) is 10.7. The van der Waals surface area contributed by atoms with Gasteiger partial charge >= 0.3 is 11.9 Å². The first-order chi connectivity index (χ1) is 14.1. The summed E-state index contributed by atoms with van der Waals surface area (Å²) in [6.45, 7) is 3.63. The lowest BCUT2D eigenvalue weighted by Gasteiger charge is -2.22. The first-order valence-electron chi connectivity index (χ1n) is 9.97. The van der Waals surface area contributed by atoms with Gasteiger partial charge in [0.1, 0.15) is 12.5 Å². The Hall–Kier alpha value is -2.86. The summed E-state index contributed by atoms with van der Waals surface area (Å²) >= 11 is 0. The molecule has 2 aromatic rings. The van der Waals surface area contributed by atoms with Crippen molar-refractivity contribution in [2.75, 3.05) is 26.4 Å². The number of esters is 2. The van der Waals surface area contributed by atoms with Gasteiger partial charge in [-0.15, -0.1) is 0 Å². The first-order valence-corrected chi connectivity index (χ1v) is 9.97. The second kappa shape index (κ2) is 12.6. The second-order valence-electron chi connectivity index (χ2n) is 6.69. The van der Waals surface area contributed by atoms with E-state index in [-0.39, 0.29) is 24.4 Å². The molecule has 0 aromatic heterocycles. The minimum absolute atomic E-state index is 0.154. The molecule has 0 bridgehead atoms. The van der Waals surface area contributed by atoms with Crippen LogP contribution >= 0.6 is 0 Å². The van der Waals surface area contributed by atoms with E-state index in [4.69, 9.17) is 9.47 Å². The molecule has 29 heavy (non-hydrogen) atoms. The third-order valence-electron chi connectivity index (χ3n) is 4.49. The van der Waals surface area contributed by atoms with Gasteiger partial charge in [0.25, 0.3) is 0 Å². The summed E-state index contributed by atoms with van der Waals surface area (Å²) in [5.74, 6) is -0.301. The number of para-hydroxylation sites is 1. The van der Waals surface area contributed by atoms with Gasteiger partial charge in [0, 0.05) is 19.5 Å². The fraction of sp³-hybridized carbons (Fsp3) is 0.391. The maximum Gasteiger partial charge on any atom is 0.339 e. The lowest BCUT2D eigenvalue weighted by molar-refractivity contribution is -0.143. The van der Waals surface area contributed by atoms with Gasteiger partial charge in [-0.3, -0.25) is 9.69 Å². The standard InChI is InChI=1S/C23H29NO5/c1-2-28-22(26)14-8-9-16-24(17-15-19-10-6-7-13-21(19)25)18-29-23(27)20-11-4-3-5-12-20/h3-7,10-13,25H,2,8-9,14-18H2,1H3. The van der Waals surface area contributed by atoms with E-state index >= 15 is 0 Å². The predicted molar refractivity (Wildman–Crippen MR) is 111 cm³/mol. The zero-order valence-electron chi connectivity index (χ0n) is 16.9. The molecule has 0 aliphatic heterocycles. The number of hydrogen-bond acceptors (Lipinski definition) is 6. The summed E-state index contributed by atoms with van der Waals surface area (Å²) in [7, 11) is 0. The Bertz CT molecular complexity index is 763. The van der Waals surface area contributed by atoms with Crippen molar-refractivity contribution in [2.45, 2.75) is 32.6 Å². The van der Waals surface area contributed by atoms with Gasteiger partial charge in [0.15, 0.2) is 0 Å². The molecule has 0 unspecified atom stereocenters. The van der Waals surface area contributed by atoms with Crippen molar-refractivity contribution in [2.24, 2.45) is 0 Å². The quantitative estimate of drug-likeness (QED) is 0.332. The molecule has 0 saturated heterocycles. The molecule has 6 heteroatoms. The Balaban J connectivity index is 1.86. The van der Waals surface area contributed by atoms with Crippen LogP contribution in [0.2, 0.25) is 0 Å². The van der Waals surface area contributed by atoms with Crippen molar-refractivity contribution >= 4 is 11.9 Å². The molecule has 2 rings (SSSR count). The Kier molecular flexibility index (Phi) is 9.72. The van der Waals surface area contributed by atoms with Crippen molar-refractivity contribution in [3.8, 4) is 5.75 Å². The van der Waals surface area contributed by atoms with Crippen LogP contribution in [0.15, 0.2) is 54.6 Å². The lowest BCUT2D eigenvalue weighted by Crippen LogP contribution is -2.31. The highest BCUT2D eigenvalue weighted by Crippen LogP contribution is 2.16. The van der Waals surface area contributed by atoms with Crippen molar-refractivity contribution < 1.29 is 24.2 Å². The fourth-order valence-electron chi connectivity index (χ4n) is 2.89. The number of phenolic OH excluding ortho intramolecular Hbond substituents is 1. The highest BCUT2D eigenvalue weighted by atomic mass is 16.5. The van der Waals surface area contributed by atoms with Gasteiger partial charge in [-0.1, -0.05) is 36.4 Å². The average Bonchev–Trinajstić information content (AvgIpc) is 2.74. The second-order valence-corrected chi connectivity index (χ2v) is 6.69. The molecule has 0 aliphatic rings. The van der Waals surface area contributed by atoms with Gasteiger partial charge in [-0.05, 0) is 49.9 Å². The third kappa shape index (κ3) is 8.35. The Labute approximate surface area is 172 Å². The van der Waals surface area contributed by atoms with Gasteiger partial charge in [0.05, 0.1) is 12.2 Å². The summed E-state index contributed by atoms with van der Waals surface area (Å²) < 4.78 is 10.4.